The minimum atomic E-state index is -0.772. The van der Waals surface area contributed by atoms with Crippen LogP contribution in [-0.2, 0) is 19.2 Å². The number of benzene rings is 1. The fourth-order valence-electron chi connectivity index (χ4n) is 4.56. The fraction of sp³-hybridized carbons (Fsp3) is 0.417. The Morgan fingerprint density at radius 2 is 1.75 bits per heavy atom. The molecule has 170 valence electrons. The molecule has 1 aromatic rings. The van der Waals surface area contributed by atoms with E-state index < -0.39 is 17.9 Å². The lowest BCUT2D eigenvalue weighted by Gasteiger charge is -2.34. The van der Waals surface area contributed by atoms with Crippen molar-refractivity contribution in [3.8, 4) is 0 Å². The number of hydrogen-bond donors (Lipinski definition) is 2. The molecule has 1 aromatic carbocycles. The van der Waals surface area contributed by atoms with Crippen LogP contribution in [0.3, 0.4) is 0 Å². The van der Waals surface area contributed by atoms with Gasteiger partial charge in [0.1, 0.15) is 6.04 Å². The number of carbonyl (C=O) groups excluding carboxylic acids is 3. The molecule has 0 aromatic heterocycles. The van der Waals surface area contributed by atoms with E-state index in [1.807, 2.05) is 19.9 Å². The Morgan fingerprint density at radius 1 is 1.12 bits per heavy atom. The molecule has 3 aliphatic rings. The van der Waals surface area contributed by atoms with E-state index in [4.69, 9.17) is 0 Å². The van der Waals surface area contributed by atoms with Crippen molar-refractivity contribution in [1.82, 2.24) is 5.32 Å². The largest absolute Gasteiger partial charge is 0.481 e. The number of amides is 3. The summed E-state index contributed by atoms with van der Waals surface area (Å²) >= 11 is 0. The SMILES string of the molecule is C=Cc1c(N2CCC(C(=O)O)CC2)ccc2c1C(=C)C(=O)N2C1CCC(=O)NC1=O.CC. The summed E-state index contributed by atoms with van der Waals surface area (Å²) in [6.45, 7) is 13.1. The highest BCUT2D eigenvalue weighted by molar-refractivity contribution is 6.34. The zero-order valence-electron chi connectivity index (χ0n) is 18.5. The lowest BCUT2D eigenvalue weighted by Crippen LogP contribution is -2.53. The summed E-state index contributed by atoms with van der Waals surface area (Å²) < 4.78 is 0. The van der Waals surface area contributed by atoms with Crippen molar-refractivity contribution in [2.75, 3.05) is 22.9 Å². The van der Waals surface area contributed by atoms with Crippen LogP contribution in [0, 0.1) is 5.92 Å². The molecule has 3 amide bonds. The highest BCUT2D eigenvalue weighted by atomic mass is 16.4. The topological polar surface area (TPSA) is 107 Å². The number of nitrogens with zero attached hydrogens (tertiary/aromatic N) is 2. The number of aliphatic carboxylic acids is 1. The Bertz CT molecular complexity index is 992. The third kappa shape index (κ3) is 3.92. The second-order valence-corrected chi connectivity index (χ2v) is 7.82. The number of carboxylic acid groups (broad SMARTS) is 1. The zero-order valence-corrected chi connectivity index (χ0v) is 18.5. The molecule has 0 spiro atoms. The standard InChI is InChI=1S/C22H23N3O5.C2H6/c1-3-14-15(24-10-8-13(9-11-24)22(29)30)4-5-16-19(14)12(2)21(28)25(16)17-6-7-18(26)23-20(17)27;1-2/h3-5,13,17H,1-2,6-11H2,(H,29,30)(H,23,26,27);1-2H3. The molecule has 0 aliphatic carbocycles. The maximum atomic E-state index is 13.0. The number of carbonyl (C=O) groups is 4. The Balaban J connectivity index is 0.00000141. The average molecular weight is 440 g/mol. The summed E-state index contributed by atoms with van der Waals surface area (Å²) in [7, 11) is 0. The van der Waals surface area contributed by atoms with Crippen LogP contribution in [0.4, 0.5) is 11.4 Å². The molecule has 8 nitrogen and oxygen atoms in total. The average Bonchev–Trinajstić information content (AvgIpc) is 3.05. The number of anilines is 2. The molecule has 1 atom stereocenters. The first-order valence-electron chi connectivity index (χ1n) is 11.0. The molecule has 0 radical (unpaired) electrons. The van der Waals surface area contributed by atoms with Gasteiger partial charge in [0.25, 0.3) is 5.91 Å². The first-order chi connectivity index (χ1) is 15.3. The van der Waals surface area contributed by atoms with E-state index >= 15 is 0 Å². The maximum Gasteiger partial charge on any atom is 0.306 e. The molecule has 2 N–H and O–H groups in total. The molecular weight excluding hydrogens is 410 g/mol. The van der Waals surface area contributed by atoms with E-state index in [1.54, 1.807) is 12.1 Å². The van der Waals surface area contributed by atoms with Gasteiger partial charge in [-0.25, -0.2) is 0 Å². The van der Waals surface area contributed by atoms with Gasteiger partial charge in [-0.1, -0.05) is 33.1 Å². The molecule has 3 heterocycles. The van der Waals surface area contributed by atoms with Crippen LogP contribution < -0.4 is 15.1 Å². The van der Waals surface area contributed by atoms with Crippen molar-refractivity contribution < 1.29 is 24.3 Å². The first kappa shape index (κ1) is 23.2. The van der Waals surface area contributed by atoms with Crippen molar-refractivity contribution in [3.63, 3.8) is 0 Å². The molecule has 8 heteroatoms. The smallest absolute Gasteiger partial charge is 0.306 e. The number of rotatable bonds is 4. The summed E-state index contributed by atoms with van der Waals surface area (Å²) in [5.74, 6) is -2.30. The Hall–Kier alpha value is -3.42. The van der Waals surface area contributed by atoms with Gasteiger partial charge in [-0.3, -0.25) is 29.4 Å². The van der Waals surface area contributed by atoms with E-state index in [0.29, 0.717) is 37.2 Å². The third-order valence-electron chi connectivity index (χ3n) is 6.15. The second-order valence-electron chi connectivity index (χ2n) is 7.82. The van der Waals surface area contributed by atoms with Gasteiger partial charge in [0.05, 0.1) is 11.6 Å². The zero-order chi connectivity index (χ0) is 23.6. The summed E-state index contributed by atoms with van der Waals surface area (Å²) in [5, 5.41) is 11.5. The van der Waals surface area contributed by atoms with Crippen molar-refractivity contribution in [1.29, 1.82) is 0 Å². The van der Waals surface area contributed by atoms with Gasteiger partial charge in [0, 0.05) is 41.9 Å². The predicted molar refractivity (Wildman–Crippen MR) is 123 cm³/mol. The summed E-state index contributed by atoms with van der Waals surface area (Å²) in [6, 6.07) is 2.91. The maximum absolute atomic E-state index is 13.0. The van der Waals surface area contributed by atoms with Crippen molar-refractivity contribution in [3.05, 3.63) is 36.4 Å². The Labute approximate surface area is 187 Å². The van der Waals surface area contributed by atoms with Gasteiger partial charge in [0.2, 0.25) is 11.8 Å². The molecule has 4 rings (SSSR count). The minimum Gasteiger partial charge on any atom is -0.481 e. The monoisotopic (exact) mass is 439 g/mol. The molecule has 3 aliphatic heterocycles. The van der Waals surface area contributed by atoms with E-state index in [2.05, 4.69) is 23.4 Å². The Morgan fingerprint density at radius 3 is 2.31 bits per heavy atom. The molecular formula is C24H29N3O5. The van der Waals surface area contributed by atoms with E-state index in [1.165, 1.54) is 4.90 Å². The van der Waals surface area contributed by atoms with Crippen LogP contribution in [-0.4, -0.2) is 47.9 Å². The summed E-state index contributed by atoms with van der Waals surface area (Å²) in [5.41, 5.74) is 3.11. The predicted octanol–water partition coefficient (Wildman–Crippen LogP) is 2.82. The van der Waals surface area contributed by atoms with Crippen LogP contribution in [0.1, 0.15) is 50.7 Å². The van der Waals surface area contributed by atoms with Crippen LogP contribution in [0.15, 0.2) is 25.3 Å². The van der Waals surface area contributed by atoms with Crippen molar-refractivity contribution in [2.45, 2.75) is 45.6 Å². The van der Waals surface area contributed by atoms with Crippen LogP contribution in [0.25, 0.3) is 11.6 Å². The number of carboxylic acids is 1. The second kappa shape index (κ2) is 9.38. The molecule has 32 heavy (non-hydrogen) atoms. The number of hydrogen-bond acceptors (Lipinski definition) is 5. The summed E-state index contributed by atoms with van der Waals surface area (Å²) in [6.07, 6.45) is 3.20. The summed E-state index contributed by atoms with van der Waals surface area (Å²) in [4.78, 5) is 51.7. The highest BCUT2D eigenvalue weighted by Gasteiger charge is 2.42. The number of fused-ring (bicyclic) bond motifs is 1. The molecule has 1 unspecified atom stereocenters. The lowest BCUT2D eigenvalue weighted by molar-refractivity contribution is -0.142. The van der Waals surface area contributed by atoms with Crippen LogP contribution in [0.5, 0.6) is 0 Å². The minimum absolute atomic E-state index is 0.174. The third-order valence-corrected chi connectivity index (χ3v) is 6.15. The molecule has 2 saturated heterocycles. The van der Waals surface area contributed by atoms with Gasteiger partial charge in [-0.05, 0) is 31.4 Å². The van der Waals surface area contributed by atoms with E-state index in [9.17, 15) is 24.3 Å². The van der Waals surface area contributed by atoms with Crippen molar-refractivity contribution >= 4 is 46.7 Å². The van der Waals surface area contributed by atoms with Crippen LogP contribution in [0.2, 0.25) is 0 Å². The lowest BCUT2D eigenvalue weighted by atomic mass is 9.94. The van der Waals surface area contributed by atoms with Gasteiger partial charge in [-0.2, -0.15) is 0 Å². The molecule has 2 fully saturated rings. The quantitative estimate of drug-likeness (QED) is 0.552. The van der Waals surface area contributed by atoms with Crippen molar-refractivity contribution in [2.24, 2.45) is 5.92 Å². The first-order valence-corrected chi connectivity index (χ1v) is 11.0. The number of imide groups is 1. The van der Waals surface area contributed by atoms with Gasteiger partial charge in [0.15, 0.2) is 0 Å². The van der Waals surface area contributed by atoms with Crippen LogP contribution >= 0.6 is 0 Å². The van der Waals surface area contributed by atoms with E-state index in [-0.39, 0.29) is 36.1 Å². The number of nitrogens with one attached hydrogen (secondary N) is 1. The Kier molecular flexibility index (Phi) is 6.81. The molecule has 0 bridgehead atoms. The number of piperidine rings is 2. The normalized spacial score (nSPS) is 21.0. The molecule has 0 saturated carbocycles. The van der Waals surface area contributed by atoms with E-state index in [0.717, 1.165) is 11.3 Å². The highest BCUT2D eigenvalue weighted by Crippen LogP contribution is 2.44. The fourth-order valence-corrected chi connectivity index (χ4v) is 4.56. The van der Waals surface area contributed by atoms with Gasteiger partial charge < -0.3 is 10.0 Å². The van der Waals surface area contributed by atoms with Gasteiger partial charge in [-0.15, -0.1) is 0 Å². The van der Waals surface area contributed by atoms with Gasteiger partial charge >= 0.3 is 5.97 Å².